The standard InChI is InChI=1S/C11H24N2O2/c1-11(2,3)6-8-13-7-4-5-9(12)10(14)15/h9,13H,4-8,12H2,1-3H3,(H,14,15)/t9-/m0/s1. The van der Waals surface area contributed by atoms with Gasteiger partial charge in [-0.25, -0.2) is 0 Å². The zero-order valence-corrected chi connectivity index (χ0v) is 10.0. The minimum atomic E-state index is -0.912. The number of rotatable bonds is 7. The van der Waals surface area contributed by atoms with Gasteiger partial charge < -0.3 is 16.2 Å². The minimum Gasteiger partial charge on any atom is -0.480 e. The minimum absolute atomic E-state index is 0.352. The monoisotopic (exact) mass is 216 g/mol. The van der Waals surface area contributed by atoms with Crippen molar-refractivity contribution < 1.29 is 9.90 Å². The van der Waals surface area contributed by atoms with E-state index in [1.54, 1.807) is 0 Å². The number of nitrogens with one attached hydrogen (secondary N) is 1. The maximum Gasteiger partial charge on any atom is 0.320 e. The van der Waals surface area contributed by atoms with Gasteiger partial charge in [0.25, 0.3) is 0 Å². The van der Waals surface area contributed by atoms with E-state index in [1.165, 1.54) is 0 Å². The molecule has 0 saturated carbocycles. The second-order valence-electron chi connectivity index (χ2n) is 5.15. The summed E-state index contributed by atoms with van der Waals surface area (Å²) in [5.41, 5.74) is 5.72. The zero-order chi connectivity index (χ0) is 11.9. The molecule has 0 aromatic heterocycles. The smallest absolute Gasteiger partial charge is 0.320 e. The first-order valence-electron chi connectivity index (χ1n) is 5.52. The largest absolute Gasteiger partial charge is 0.480 e. The van der Waals surface area contributed by atoms with Crippen LogP contribution in [0, 0.1) is 5.41 Å². The van der Waals surface area contributed by atoms with E-state index in [-0.39, 0.29) is 0 Å². The van der Waals surface area contributed by atoms with Gasteiger partial charge >= 0.3 is 5.97 Å². The van der Waals surface area contributed by atoms with E-state index in [2.05, 4.69) is 26.1 Å². The predicted molar refractivity (Wildman–Crippen MR) is 61.8 cm³/mol. The average molecular weight is 216 g/mol. The van der Waals surface area contributed by atoms with Crippen molar-refractivity contribution in [3.8, 4) is 0 Å². The van der Waals surface area contributed by atoms with Crippen molar-refractivity contribution in [3.63, 3.8) is 0 Å². The second-order valence-corrected chi connectivity index (χ2v) is 5.15. The molecule has 0 amide bonds. The van der Waals surface area contributed by atoms with E-state index in [1.807, 2.05) is 0 Å². The van der Waals surface area contributed by atoms with Crippen LogP contribution in [-0.4, -0.2) is 30.2 Å². The summed E-state index contributed by atoms with van der Waals surface area (Å²) < 4.78 is 0. The lowest BCUT2D eigenvalue weighted by molar-refractivity contribution is -0.138. The molecule has 0 spiro atoms. The van der Waals surface area contributed by atoms with Gasteiger partial charge in [-0.3, -0.25) is 4.79 Å². The molecule has 4 N–H and O–H groups in total. The summed E-state index contributed by atoms with van der Waals surface area (Å²) in [5.74, 6) is -0.912. The van der Waals surface area contributed by atoms with E-state index in [4.69, 9.17) is 10.8 Å². The molecule has 0 rings (SSSR count). The fourth-order valence-electron chi connectivity index (χ4n) is 1.16. The van der Waals surface area contributed by atoms with Crippen LogP contribution in [0.25, 0.3) is 0 Å². The van der Waals surface area contributed by atoms with Crippen LogP contribution in [0.4, 0.5) is 0 Å². The van der Waals surface area contributed by atoms with Crippen LogP contribution in [0.5, 0.6) is 0 Å². The number of carboxylic acid groups (broad SMARTS) is 1. The molecule has 90 valence electrons. The number of hydrogen-bond donors (Lipinski definition) is 3. The highest BCUT2D eigenvalue weighted by Crippen LogP contribution is 2.16. The molecule has 4 nitrogen and oxygen atoms in total. The summed E-state index contributed by atoms with van der Waals surface area (Å²) >= 11 is 0. The number of carboxylic acids is 1. The predicted octanol–water partition coefficient (Wildman–Crippen LogP) is 1.20. The number of nitrogens with two attached hydrogens (primary N) is 1. The topological polar surface area (TPSA) is 75.3 Å². The van der Waals surface area contributed by atoms with Crippen molar-refractivity contribution in [2.75, 3.05) is 13.1 Å². The van der Waals surface area contributed by atoms with E-state index >= 15 is 0 Å². The zero-order valence-electron chi connectivity index (χ0n) is 10.0. The third kappa shape index (κ3) is 9.69. The molecule has 0 aliphatic heterocycles. The van der Waals surface area contributed by atoms with E-state index in [0.717, 1.165) is 25.9 Å². The van der Waals surface area contributed by atoms with Crippen molar-refractivity contribution in [1.82, 2.24) is 5.32 Å². The lowest BCUT2D eigenvalue weighted by Crippen LogP contribution is -2.31. The number of carbonyl (C=O) groups is 1. The number of hydrogen-bond acceptors (Lipinski definition) is 3. The van der Waals surface area contributed by atoms with Gasteiger partial charge in [0.1, 0.15) is 6.04 Å². The van der Waals surface area contributed by atoms with Crippen LogP contribution in [0.1, 0.15) is 40.0 Å². The lowest BCUT2D eigenvalue weighted by Gasteiger charge is -2.18. The Labute approximate surface area is 92.2 Å². The average Bonchev–Trinajstić information content (AvgIpc) is 2.08. The molecule has 0 heterocycles. The Morgan fingerprint density at radius 3 is 2.47 bits per heavy atom. The highest BCUT2D eigenvalue weighted by atomic mass is 16.4. The van der Waals surface area contributed by atoms with Gasteiger partial charge in [0.15, 0.2) is 0 Å². The molecule has 15 heavy (non-hydrogen) atoms. The third-order valence-corrected chi connectivity index (χ3v) is 2.24. The molecule has 0 unspecified atom stereocenters. The summed E-state index contributed by atoms with van der Waals surface area (Å²) in [4.78, 5) is 10.4. The summed E-state index contributed by atoms with van der Waals surface area (Å²) in [6.45, 7) is 8.43. The fourth-order valence-corrected chi connectivity index (χ4v) is 1.16. The molecule has 4 heteroatoms. The van der Waals surface area contributed by atoms with E-state index in [0.29, 0.717) is 11.8 Å². The molecule has 0 aromatic rings. The van der Waals surface area contributed by atoms with Crippen molar-refractivity contribution >= 4 is 5.97 Å². The van der Waals surface area contributed by atoms with Crippen molar-refractivity contribution in [2.45, 2.75) is 46.1 Å². The molecule has 0 aliphatic carbocycles. The highest BCUT2D eigenvalue weighted by molar-refractivity contribution is 5.72. The quantitative estimate of drug-likeness (QED) is 0.559. The van der Waals surface area contributed by atoms with Crippen LogP contribution >= 0.6 is 0 Å². The molecule has 0 aliphatic rings. The van der Waals surface area contributed by atoms with Gasteiger partial charge in [-0.2, -0.15) is 0 Å². The first-order valence-corrected chi connectivity index (χ1v) is 5.52. The normalized spacial score (nSPS) is 13.9. The Morgan fingerprint density at radius 2 is 2.00 bits per heavy atom. The molecule has 0 saturated heterocycles. The van der Waals surface area contributed by atoms with Gasteiger partial charge in [-0.05, 0) is 37.8 Å². The summed E-state index contributed by atoms with van der Waals surface area (Å²) in [6.07, 6.45) is 2.48. The van der Waals surface area contributed by atoms with Gasteiger partial charge in [0, 0.05) is 0 Å². The second kappa shape index (κ2) is 6.80. The first kappa shape index (κ1) is 14.4. The van der Waals surface area contributed by atoms with Gasteiger partial charge in [0.2, 0.25) is 0 Å². The SMILES string of the molecule is CC(C)(C)CCNCCC[C@H](N)C(=O)O. The maximum absolute atomic E-state index is 10.4. The summed E-state index contributed by atoms with van der Waals surface area (Å²) in [6, 6.07) is -0.714. The Kier molecular flexibility index (Phi) is 6.52. The highest BCUT2D eigenvalue weighted by Gasteiger charge is 2.11. The molecule has 1 atom stereocenters. The molecule has 0 radical (unpaired) electrons. The summed E-state index contributed by atoms with van der Waals surface area (Å²) in [7, 11) is 0. The van der Waals surface area contributed by atoms with Crippen molar-refractivity contribution in [3.05, 3.63) is 0 Å². The van der Waals surface area contributed by atoms with E-state index in [9.17, 15) is 4.79 Å². The number of aliphatic carboxylic acids is 1. The Bertz CT molecular complexity index is 188. The van der Waals surface area contributed by atoms with E-state index < -0.39 is 12.0 Å². The third-order valence-electron chi connectivity index (χ3n) is 2.24. The van der Waals surface area contributed by atoms with Crippen LogP contribution in [-0.2, 0) is 4.79 Å². The van der Waals surface area contributed by atoms with Crippen molar-refractivity contribution in [1.29, 1.82) is 0 Å². The van der Waals surface area contributed by atoms with Crippen LogP contribution < -0.4 is 11.1 Å². The van der Waals surface area contributed by atoms with Crippen LogP contribution in [0.2, 0.25) is 0 Å². The van der Waals surface area contributed by atoms with Crippen LogP contribution in [0.3, 0.4) is 0 Å². The maximum atomic E-state index is 10.4. The summed E-state index contributed by atoms with van der Waals surface area (Å²) in [5, 5.41) is 11.8. The lowest BCUT2D eigenvalue weighted by atomic mass is 9.92. The Balaban J connectivity index is 3.29. The Morgan fingerprint density at radius 1 is 1.40 bits per heavy atom. The fraction of sp³-hybridized carbons (Fsp3) is 0.909. The van der Waals surface area contributed by atoms with Crippen molar-refractivity contribution in [2.24, 2.45) is 11.1 Å². The molecular formula is C11H24N2O2. The van der Waals surface area contributed by atoms with Gasteiger partial charge in [-0.15, -0.1) is 0 Å². The molecule has 0 bridgehead atoms. The van der Waals surface area contributed by atoms with Crippen LogP contribution in [0.15, 0.2) is 0 Å². The molecular weight excluding hydrogens is 192 g/mol. The Hall–Kier alpha value is -0.610. The van der Waals surface area contributed by atoms with Gasteiger partial charge in [-0.1, -0.05) is 20.8 Å². The first-order chi connectivity index (χ1) is 6.83. The molecule has 0 fully saturated rings. The molecule has 0 aromatic carbocycles. The van der Waals surface area contributed by atoms with Gasteiger partial charge in [0.05, 0.1) is 0 Å².